The summed E-state index contributed by atoms with van der Waals surface area (Å²) >= 11 is 0. The third kappa shape index (κ3) is 0.185. The molecule has 0 aromatic carbocycles. The first-order valence-corrected chi connectivity index (χ1v) is 1.40. The number of allylic oxidation sites excluding steroid dienone is 1. The third-order valence-corrected chi connectivity index (χ3v) is 0.484. The zero-order chi connectivity index (χ0) is 4.57. The summed E-state index contributed by atoms with van der Waals surface area (Å²) < 4.78 is 0. The molecule has 0 bridgehead atoms. The van der Waals surface area contributed by atoms with E-state index in [4.69, 9.17) is 6.58 Å². The molecule has 1 radical (unpaired) electrons. The standard InChI is InChI=1S/C4NO/c1-3-4(6)2-5-3. The molecule has 1 aliphatic heterocycles. The van der Waals surface area contributed by atoms with E-state index in [1.54, 1.807) is 0 Å². The van der Waals surface area contributed by atoms with Crippen LogP contribution in [0.4, 0.5) is 0 Å². The van der Waals surface area contributed by atoms with Gasteiger partial charge < -0.3 is 4.99 Å². The van der Waals surface area contributed by atoms with E-state index < -0.39 is 5.78 Å². The molecule has 0 fully saturated rings. The van der Waals surface area contributed by atoms with E-state index in [2.05, 4.69) is 4.99 Å². The van der Waals surface area contributed by atoms with Crippen LogP contribution in [-0.4, -0.2) is 12.0 Å². The molecule has 0 atom stereocenters. The normalized spacial score (nSPS) is 17.8. The maximum atomic E-state index is 9.80. The molecule has 0 amide bonds. The molecule has 0 spiro atoms. The van der Waals surface area contributed by atoms with Gasteiger partial charge in [0.05, 0.1) is 6.21 Å². The Hall–Kier alpha value is -1.01. The predicted molar refractivity (Wildman–Crippen MR) is 19.2 cm³/mol. The van der Waals surface area contributed by atoms with Gasteiger partial charge in [0, 0.05) is 0 Å². The lowest BCUT2D eigenvalue weighted by atomic mass is 10.3. The lowest BCUT2D eigenvalue weighted by Crippen LogP contribution is -2.10. The fourth-order valence-corrected chi connectivity index (χ4v) is 0.157. The molecule has 1 rings (SSSR count). The molecule has 2 heteroatoms. The number of carbonyl (C=O) groups excluding carboxylic acids is 1. The number of ketones is 1. The molecule has 0 saturated heterocycles. The Labute approximate surface area is 35.2 Å². The highest BCUT2D eigenvalue weighted by molar-refractivity contribution is 6.40. The SMILES string of the molecule is [C+]=C1N=[C-]C1=O. The molecule has 0 aromatic heterocycles. The van der Waals surface area contributed by atoms with Gasteiger partial charge in [0.25, 0.3) is 11.5 Å². The highest BCUT2D eigenvalue weighted by Gasteiger charge is 2.15. The Balaban J connectivity index is 2.94. The number of hydrogen-bond donors (Lipinski definition) is 0. The first-order chi connectivity index (χ1) is 2.80. The van der Waals surface area contributed by atoms with E-state index >= 15 is 0 Å². The summed E-state index contributed by atoms with van der Waals surface area (Å²) in [5, 5.41) is 0. The van der Waals surface area contributed by atoms with Crippen molar-refractivity contribution in [1.82, 2.24) is 0 Å². The molecular formula is C4NO. The van der Waals surface area contributed by atoms with E-state index in [0.29, 0.717) is 0 Å². The summed E-state index contributed by atoms with van der Waals surface area (Å²) in [5.74, 6) is -0.394. The molecule has 1 aliphatic rings. The number of nitrogens with zero attached hydrogens (tertiary/aromatic N) is 1. The van der Waals surface area contributed by atoms with Crippen LogP contribution in [0.15, 0.2) is 10.7 Å². The van der Waals surface area contributed by atoms with Gasteiger partial charge in [-0.2, -0.15) is 4.79 Å². The van der Waals surface area contributed by atoms with Crippen LogP contribution in [0, 0.1) is 6.58 Å². The van der Waals surface area contributed by atoms with E-state index in [0.717, 1.165) is 0 Å². The summed E-state index contributed by atoms with van der Waals surface area (Å²) in [7, 11) is 0. The molecule has 27 valence electrons. The van der Waals surface area contributed by atoms with E-state index in [-0.39, 0.29) is 5.70 Å². The van der Waals surface area contributed by atoms with Crippen LogP contribution in [0.1, 0.15) is 0 Å². The third-order valence-electron chi connectivity index (χ3n) is 0.484. The Morgan fingerprint density at radius 1 is 1.83 bits per heavy atom. The Morgan fingerprint density at radius 2 is 2.33 bits per heavy atom. The van der Waals surface area contributed by atoms with Crippen molar-refractivity contribution in [2.75, 3.05) is 0 Å². The Morgan fingerprint density at radius 3 is 2.33 bits per heavy atom. The zero-order valence-corrected chi connectivity index (χ0v) is 2.86. The number of aliphatic imine (C=N–C) groups is 1. The topological polar surface area (TPSA) is 29.4 Å². The van der Waals surface area contributed by atoms with Crippen molar-refractivity contribution in [3.8, 4) is 0 Å². The fraction of sp³-hybridized carbons (Fsp3) is 0. The molecule has 1 heterocycles. The van der Waals surface area contributed by atoms with E-state index in [1.165, 1.54) is 0 Å². The average Bonchev–Trinajstić information content (AvgIpc) is 1.61. The second kappa shape index (κ2) is 0.730. The zero-order valence-electron chi connectivity index (χ0n) is 2.86. The van der Waals surface area contributed by atoms with Gasteiger partial charge in [0.2, 0.25) is 6.58 Å². The Bertz CT molecular complexity index is 118. The number of Topliss-reactive ketones (excluding diaryl/α,β-unsaturated/α-hetero) is 1. The molecule has 2 nitrogen and oxygen atoms in total. The second-order valence-electron chi connectivity index (χ2n) is 0.901. The fourth-order valence-electron chi connectivity index (χ4n) is 0.157. The van der Waals surface area contributed by atoms with Crippen molar-refractivity contribution in [3.63, 3.8) is 0 Å². The highest BCUT2D eigenvalue weighted by atomic mass is 16.1. The van der Waals surface area contributed by atoms with Gasteiger partial charge in [-0.1, -0.05) is 0 Å². The van der Waals surface area contributed by atoms with Crippen molar-refractivity contribution in [2.24, 2.45) is 4.99 Å². The first-order valence-electron chi connectivity index (χ1n) is 1.40. The Kier molecular flexibility index (Phi) is 0.388. The summed E-state index contributed by atoms with van der Waals surface area (Å²) in [5.41, 5.74) is -0.185. The lowest BCUT2D eigenvalue weighted by Gasteiger charge is -1.92. The van der Waals surface area contributed by atoms with E-state index in [9.17, 15) is 4.79 Å². The van der Waals surface area contributed by atoms with Crippen molar-refractivity contribution in [2.45, 2.75) is 0 Å². The molecule has 0 N–H and O–H groups in total. The first kappa shape index (κ1) is 3.19. The number of carbonyl (C=O) groups is 1. The van der Waals surface area contributed by atoms with Crippen molar-refractivity contribution in [3.05, 3.63) is 12.3 Å². The van der Waals surface area contributed by atoms with Crippen molar-refractivity contribution >= 4 is 12.0 Å². The molecule has 0 aliphatic carbocycles. The monoisotopic (exact) mass is 78.0 g/mol. The average molecular weight is 78.0 g/mol. The quantitative estimate of drug-likeness (QED) is 0.289. The minimum Gasteiger partial charge on any atom is -0.308 e. The summed E-state index contributed by atoms with van der Waals surface area (Å²) in [6.07, 6.45) is 2.02. The van der Waals surface area contributed by atoms with Gasteiger partial charge >= 0.3 is 0 Å². The smallest absolute Gasteiger partial charge is 0.268 e. The van der Waals surface area contributed by atoms with Gasteiger partial charge in [-0.3, -0.25) is 0 Å². The van der Waals surface area contributed by atoms with Crippen LogP contribution in [0.5, 0.6) is 0 Å². The molecule has 0 saturated carbocycles. The largest absolute Gasteiger partial charge is 0.308 e. The number of rotatable bonds is 0. The van der Waals surface area contributed by atoms with Crippen molar-refractivity contribution in [1.29, 1.82) is 0 Å². The second-order valence-corrected chi connectivity index (χ2v) is 0.901. The maximum Gasteiger partial charge on any atom is 0.268 e. The molecule has 6 heavy (non-hydrogen) atoms. The minimum absolute atomic E-state index is 0.185. The predicted octanol–water partition coefficient (Wildman–Crippen LogP) is -0.289. The van der Waals surface area contributed by atoms with Crippen LogP contribution in [0.2, 0.25) is 0 Å². The lowest BCUT2D eigenvalue weighted by molar-refractivity contribution is -0.110. The van der Waals surface area contributed by atoms with Gasteiger partial charge in [0.1, 0.15) is 0 Å². The van der Waals surface area contributed by atoms with Crippen LogP contribution in [-0.2, 0) is 4.79 Å². The van der Waals surface area contributed by atoms with Gasteiger partial charge in [-0.05, 0) is 0 Å². The summed E-state index contributed by atoms with van der Waals surface area (Å²) in [4.78, 5) is 12.9. The van der Waals surface area contributed by atoms with Crippen LogP contribution in [0.3, 0.4) is 0 Å². The van der Waals surface area contributed by atoms with Crippen LogP contribution in [0.25, 0.3) is 0 Å². The minimum atomic E-state index is -0.394. The van der Waals surface area contributed by atoms with Gasteiger partial charge in [-0.25, -0.2) is 0 Å². The molecular weight excluding hydrogens is 78.0 g/mol. The van der Waals surface area contributed by atoms with Crippen molar-refractivity contribution < 1.29 is 4.79 Å². The summed E-state index contributed by atoms with van der Waals surface area (Å²) in [6, 6.07) is 0. The van der Waals surface area contributed by atoms with E-state index in [1.807, 2.05) is 6.21 Å². The maximum absolute atomic E-state index is 9.80. The highest BCUT2D eigenvalue weighted by Crippen LogP contribution is 1.99. The molecule has 0 aromatic rings. The van der Waals surface area contributed by atoms with Crippen LogP contribution >= 0.6 is 0 Å². The number of hydrogen-bond acceptors (Lipinski definition) is 2. The van der Waals surface area contributed by atoms with Gasteiger partial charge in [-0.15, -0.1) is 0 Å². The van der Waals surface area contributed by atoms with Crippen LogP contribution < -0.4 is 0 Å². The van der Waals surface area contributed by atoms with Gasteiger partial charge in [0.15, 0.2) is 0 Å². The molecule has 0 unspecified atom stereocenters. The summed E-state index contributed by atoms with van der Waals surface area (Å²) in [6.45, 7) is 6.46.